The van der Waals surface area contributed by atoms with Gasteiger partial charge in [-0.1, -0.05) is 6.07 Å². The van der Waals surface area contributed by atoms with Gasteiger partial charge in [0.2, 0.25) is 0 Å². The largest absolute Gasteiger partial charge is 0.494 e. The van der Waals surface area contributed by atoms with Gasteiger partial charge in [0.1, 0.15) is 11.5 Å². The van der Waals surface area contributed by atoms with E-state index in [-0.39, 0.29) is 12.8 Å². The zero-order chi connectivity index (χ0) is 19.5. The number of carbonyl (C=O) groups excluding carboxylic acids is 1. The predicted octanol–water partition coefficient (Wildman–Crippen LogP) is 2.98. The summed E-state index contributed by atoms with van der Waals surface area (Å²) in [6, 6.07) is 12.6. The molecule has 2 aromatic carbocycles. The lowest BCUT2D eigenvalue weighted by Crippen LogP contribution is -2.38. The first-order chi connectivity index (χ1) is 13.2. The van der Waals surface area contributed by atoms with Crippen LogP contribution in [0.25, 0.3) is 0 Å². The molecule has 0 saturated heterocycles. The maximum absolute atomic E-state index is 11.8. The SMILES string of the molecule is CCOc1ccc(OCNC(=O)NCCc2ccc(OC)c(OC)c2)cc1. The van der Waals surface area contributed by atoms with Crippen LogP contribution in [0.5, 0.6) is 23.0 Å². The summed E-state index contributed by atoms with van der Waals surface area (Å²) in [4.78, 5) is 11.8. The Bertz CT molecular complexity index is 719. The van der Waals surface area contributed by atoms with E-state index in [1.807, 2.05) is 37.3 Å². The lowest BCUT2D eigenvalue weighted by molar-refractivity contribution is 0.224. The second-order valence-corrected chi connectivity index (χ2v) is 5.57. The minimum absolute atomic E-state index is 0.0795. The predicted molar refractivity (Wildman–Crippen MR) is 103 cm³/mol. The van der Waals surface area contributed by atoms with Crippen LogP contribution >= 0.6 is 0 Å². The van der Waals surface area contributed by atoms with Gasteiger partial charge in [0.15, 0.2) is 18.2 Å². The molecule has 0 heterocycles. The molecule has 0 radical (unpaired) electrons. The first-order valence-corrected chi connectivity index (χ1v) is 8.74. The van der Waals surface area contributed by atoms with Crippen molar-refractivity contribution in [1.82, 2.24) is 10.6 Å². The number of methoxy groups -OCH3 is 2. The van der Waals surface area contributed by atoms with Gasteiger partial charge in [0.25, 0.3) is 0 Å². The van der Waals surface area contributed by atoms with Gasteiger partial charge < -0.3 is 29.6 Å². The molecule has 0 spiro atoms. The van der Waals surface area contributed by atoms with Crippen LogP contribution in [0.1, 0.15) is 12.5 Å². The van der Waals surface area contributed by atoms with E-state index in [1.165, 1.54) is 0 Å². The number of hydrogen-bond donors (Lipinski definition) is 2. The number of urea groups is 1. The summed E-state index contributed by atoms with van der Waals surface area (Å²) in [6.45, 7) is 3.11. The zero-order valence-corrected chi connectivity index (χ0v) is 15.9. The van der Waals surface area contributed by atoms with E-state index in [1.54, 1.807) is 26.4 Å². The minimum Gasteiger partial charge on any atom is -0.494 e. The van der Waals surface area contributed by atoms with Gasteiger partial charge in [-0.25, -0.2) is 4.79 Å². The summed E-state index contributed by atoms with van der Waals surface area (Å²) in [5.74, 6) is 2.79. The topological polar surface area (TPSA) is 78.1 Å². The summed E-state index contributed by atoms with van der Waals surface area (Å²) >= 11 is 0. The molecule has 7 heteroatoms. The third kappa shape index (κ3) is 6.62. The van der Waals surface area contributed by atoms with Crippen molar-refractivity contribution in [3.63, 3.8) is 0 Å². The van der Waals surface area contributed by atoms with Gasteiger partial charge in [-0.2, -0.15) is 0 Å². The molecule has 2 aromatic rings. The molecule has 2 amide bonds. The maximum Gasteiger partial charge on any atom is 0.317 e. The van der Waals surface area contributed by atoms with Crippen LogP contribution in [-0.2, 0) is 6.42 Å². The van der Waals surface area contributed by atoms with Crippen molar-refractivity contribution < 1.29 is 23.7 Å². The molecule has 0 aromatic heterocycles. The minimum atomic E-state index is -0.290. The summed E-state index contributed by atoms with van der Waals surface area (Å²) in [5.41, 5.74) is 1.04. The fraction of sp³-hybridized carbons (Fsp3) is 0.350. The normalized spacial score (nSPS) is 10.0. The van der Waals surface area contributed by atoms with E-state index in [0.29, 0.717) is 36.8 Å². The van der Waals surface area contributed by atoms with Crippen LogP contribution in [0.2, 0.25) is 0 Å². The molecule has 2 rings (SSSR count). The molecular formula is C20H26N2O5. The average Bonchev–Trinajstić information content (AvgIpc) is 2.69. The van der Waals surface area contributed by atoms with Crippen molar-refractivity contribution >= 4 is 6.03 Å². The lowest BCUT2D eigenvalue weighted by atomic mass is 10.1. The molecule has 0 fully saturated rings. The van der Waals surface area contributed by atoms with Crippen LogP contribution in [0, 0.1) is 0 Å². The van der Waals surface area contributed by atoms with Crippen LogP contribution in [0.15, 0.2) is 42.5 Å². The quantitative estimate of drug-likeness (QED) is 0.625. The zero-order valence-electron chi connectivity index (χ0n) is 15.9. The molecule has 146 valence electrons. The Hall–Kier alpha value is -3.09. The molecule has 0 aliphatic carbocycles. The van der Waals surface area contributed by atoms with Gasteiger partial charge >= 0.3 is 6.03 Å². The number of benzene rings is 2. The molecule has 0 atom stereocenters. The smallest absolute Gasteiger partial charge is 0.317 e. The molecule has 0 aliphatic heterocycles. The number of rotatable bonds is 10. The number of hydrogen-bond acceptors (Lipinski definition) is 5. The van der Waals surface area contributed by atoms with E-state index >= 15 is 0 Å². The standard InChI is InChI=1S/C20H26N2O5/c1-4-26-16-6-8-17(9-7-16)27-14-22-20(23)21-12-11-15-5-10-18(24-2)19(13-15)25-3/h5-10,13H,4,11-12,14H2,1-3H3,(H2,21,22,23). The highest BCUT2D eigenvalue weighted by atomic mass is 16.5. The summed E-state index contributed by atoms with van der Waals surface area (Å²) in [5, 5.41) is 5.44. The lowest BCUT2D eigenvalue weighted by Gasteiger charge is -2.11. The van der Waals surface area contributed by atoms with E-state index in [4.69, 9.17) is 18.9 Å². The number of nitrogens with one attached hydrogen (secondary N) is 2. The van der Waals surface area contributed by atoms with E-state index in [0.717, 1.165) is 11.3 Å². The molecule has 0 unspecified atom stereocenters. The molecule has 7 nitrogen and oxygen atoms in total. The Morgan fingerprint density at radius 3 is 2.19 bits per heavy atom. The third-order valence-corrected chi connectivity index (χ3v) is 3.75. The average molecular weight is 374 g/mol. The van der Waals surface area contributed by atoms with Crippen molar-refractivity contribution in [3.8, 4) is 23.0 Å². The van der Waals surface area contributed by atoms with Gasteiger partial charge in [-0.05, 0) is 55.3 Å². The molecule has 2 N–H and O–H groups in total. The highest BCUT2D eigenvalue weighted by molar-refractivity contribution is 5.73. The molecule has 27 heavy (non-hydrogen) atoms. The fourth-order valence-corrected chi connectivity index (χ4v) is 2.40. The van der Waals surface area contributed by atoms with Gasteiger partial charge in [0, 0.05) is 6.54 Å². The number of carbonyl (C=O) groups is 1. The Kier molecular flexibility index (Phi) is 8.09. The Labute approximate surface area is 159 Å². The third-order valence-electron chi connectivity index (χ3n) is 3.75. The monoisotopic (exact) mass is 374 g/mol. The summed E-state index contributed by atoms with van der Waals surface area (Å²) in [6.07, 6.45) is 0.674. The number of ether oxygens (including phenoxy) is 4. The van der Waals surface area contributed by atoms with Crippen LogP contribution in [0.4, 0.5) is 4.79 Å². The van der Waals surface area contributed by atoms with Crippen LogP contribution < -0.4 is 29.6 Å². The van der Waals surface area contributed by atoms with Crippen LogP contribution in [-0.4, -0.2) is 40.1 Å². The van der Waals surface area contributed by atoms with Crippen molar-refractivity contribution in [2.24, 2.45) is 0 Å². The van der Waals surface area contributed by atoms with E-state index in [9.17, 15) is 4.79 Å². The summed E-state index contributed by atoms with van der Waals surface area (Å²) < 4.78 is 21.3. The maximum atomic E-state index is 11.8. The Morgan fingerprint density at radius 2 is 1.56 bits per heavy atom. The molecule has 0 saturated carbocycles. The van der Waals surface area contributed by atoms with Gasteiger partial charge in [-0.15, -0.1) is 0 Å². The fourth-order valence-electron chi connectivity index (χ4n) is 2.40. The second kappa shape index (κ2) is 10.8. The Morgan fingerprint density at radius 1 is 0.889 bits per heavy atom. The van der Waals surface area contributed by atoms with Crippen molar-refractivity contribution in [3.05, 3.63) is 48.0 Å². The van der Waals surface area contributed by atoms with Gasteiger partial charge in [0.05, 0.1) is 20.8 Å². The molecule has 0 bridgehead atoms. The molecule has 0 aliphatic rings. The molecular weight excluding hydrogens is 348 g/mol. The van der Waals surface area contributed by atoms with Crippen molar-refractivity contribution in [2.45, 2.75) is 13.3 Å². The Balaban J connectivity index is 1.67. The van der Waals surface area contributed by atoms with Crippen LogP contribution in [0.3, 0.4) is 0 Å². The van der Waals surface area contributed by atoms with E-state index in [2.05, 4.69) is 10.6 Å². The highest BCUT2D eigenvalue weighted by Crippen LogP contribution is 2.27. The second-order valence-electron chi connectivity index (χ2n) is 5.57. The van der Waals surface area contributed by atoms with E-state index < -0.39 is 0 Å². The first kappa shape index (κ1) is 20.2. The van der Waals surface area contributed by atoms with Crippen molar-refractivity contribution in [1.29, 1.82) is 0 Å². The highest BCUT2D eigenvalue weighted by Gasteiger charge is 2.05. The van der Waals surface area contributed by atoms with Gasteiger partial charge in [-0.3, -0.25) is 0 Å². The first-order valence-electron chi connectivity index (χ1n) is 8.74. The number of amides is 2. The van der Waals surface area contributed by atoms with Crippen molar-refractivity contribution in [2.75, 3.05) is 34.1 Å². The summed E-state index contributed by atoms with van der Waals surface area (Å²) in [7, 11) is 3.19.